The summed E-state index contributed by atoms with van der Waals surface area (Å²) < 4.78 is 0. The predicted molar refractivity (Wildman–Crippen MR) is 119 cm³/mol. The Morgan fingerprint density at radius 1 is 1.27 bits per heavy atom. The Hall–Kier alpha value is -1.31. The fourth-order valence-electron chi connectivity index (χ4n) is 3.36. The summed E-state index contributed by atoms with van der Waals surface area (Å²) in [5.41, 5.74) is 1.32. The Kier molecular flexibility index (Phi) is 10.6. The minimum Gasteiger partial charge on any atom is -0.356 e. The van der Waals surface area contributed by atoms with Gasteiger partial charge in [-0.25, -0.2) is 0 Å². The van der Waals surface area contributed by atoms with Gasteiger partial charge in [0.2, 0.25) is 5.91 Å². The molecular formula is C20H33IN4O. The molecule has 26 heavy (non-hydrogen) atoms. The second kappa shape index (κ2) is 12.1. The lowest BCUT2D eigenvalue weighted by molar-refractivity contribution is -0.129. The fourth-order valence-corrected chi connectivity index (χ4v) is 3.36. The third kappa shape index (κ3) is 6.78. The van der Waals surface area contributed by atoms with Gasteiger partial charge in [-0.15, -0.1) is 24.0 Å². The summed E-state index contributed by atoms with van der Waals surface area (Å²) in [5, 5.41) is 6.78. The molecule has 1 saturated heterocycles. The first-order valence-electron chi connectivity index (χ1n) is 9.44. The number of carbonyl (C=O) groups excluding carboxylic acids is 1. The van der Waals surface area contributed by atoms with Gasteiger partial charge in [0.25, 0.3) is 0 Å². The van der Waals surface area contributed by atoms with E-state index in [0.29, 0.717) is 24.3 Å². The molecule has 1 aliphatic rings. The molecular weight excluding hydrogens is 439 g/mol. The zero-order valence-corrected chi connectivity index (χ0v) is 18.5. The summed E-state index contributed by atoms with van der Waals surface area (Å²) in [6, 6.07) is 10.8. The van der Waals surface area contributed by atoms with Gasteiger partial charge in [-0.05, 0) is 30.7 Å². The zero-order chi connectivity index (χ0) is 18.1. The normalized spacial score (nSPS) is 16.8. The van der Waals surface area contributed by atoms with Crippen molar-refractivity contribution in [2.75, 3.05) is 26.7 Å². The van der Waals surface area contributed by atoms with E-state index in [0.717, 1.165) is 44.9 Å². The molecule has 2 rings (SSSR count). The van der Waals surface area contributed by atoms with Crippen molar-refractivity contribution in [2.45, 2.75) is 51.5 Å². The smallest absolute Gasteiger partial charge is 0.222 e. The lowest BCUT2D eigenvalue weighted by atomic mass is 10.0. The van der Waals surface area contributed by atoms with E-state index >= 15 is 0 Å². The number of nitrogens with zero attached hydrogens (tertiary/aromatic N) is 2. The van der Waals surface area contributed by atoms with Crippen molar-refractivity contribution in [2.24, 2.45) is 4.99 Å². The highest BCUT2D eigenvalue weighted by atomic mass is 127. The van der Waals surface area contributed by atoms with E-state index in [-0.39, 0.29) is 24.0 Å². The van der Waals surface area contributed by atoms with Crippen LogP contribution >= 0.6 is 24.0 Å². The van der Waals surface area contributed by atoms with Crippen molar-refractivity contribution in [1.82, 2.24) is 15.5 Å². The third-order valence-corrected chi connectivity index (χ3v) is 4.96. The highest BCUT2D eigenvalue weighted by molar-refractivity contribution is 14.0. The summed E-state index contributed by atoms with van der Waals surface area (Å²) in [5.74, 6) is 1.56. The predicted octanol–water partition coefficient (Wildman–Crippen LogP) is 3.36. The number of nitrogens with one attached hydrogen (secondary N) is 2. The van der Waals surface area contributed by atoms with Crippen LogP contribution in [-0.2, 0) is 4.79 Å². The molecule has 2 atom stereocenters. The van der Waals surface area contributed by atoms with E-state index in [4.69, 9.17) is 0 Å². The molecule has 2 unspecified atom stereocenters. The number of rotatable bonds is 8. The van der Waals surface area contributed by atoms with Gasteiger partial charge in [0.1, 0.15) is 0 Å². The van der Waals surface area contributed by atoms with Crippen LogP contribution in [0, 0.1) is 0 Å². The van der Waals surface area contributed by atoms with E-state index in [9.17, 15) is 4.79 Å². The van der Waals surface area contributed by atoms with Gasteiger partial charge < -0.3 is 15.5 Å². The van der Waals surface area contributed by atoms with Crippen LogP contribution in [-0.4, -0.2) is 49.5 Å². The molecule has 1 amide bonds. The van der Waals surface area contributed by atoms with Gasteiger partial charge in [0, 0.05) is 39.1 Å². The monoisotopic (exact) mass is 472 g/mol. The van der Waals surface area contributed by atoms with E-state index in [1.165, 1.54) is 5.56 Å². The molecule has 1 heterocycles. The lowest BCUT2D eigenvalue weighted by Crippen LogP contribution is -2.42. The van der Waals surface area contributed by atoms with Gasteiger partial charge in [-0.1, -0.05) is 44.2 Å². The van der Waals surface area contributed by atoms with Gasteiger partial charge in [-0.3, -0.25) is 9.79 Å². The summed E-state index contributed by atoms with van der Waals surface area (Å²) in [4.78, 5) is 18.3. The number of benzene rings is 1. The highest BCUT2D eigenvalue weighted by Gasteiger charge is 2.26. The number of guanidine groups is 1. The van der Waals surface area contributed by atoms with Crippen molar-refractivity contribution in [3.8, 4) is 0 Å². The summed E-state index contributed by atoms with van der Waals surface area (Å²) in [6.45, 7) is 6.94. The quantitative estimate of drug-likeness (QED) is 0.347. The first-order chi connectivity index (χ1) is 12.2. The molecule has 0 aromatic heterocycles. The Bertz CT molecular complexity index is 564. The minimum atomic E-state index is 0. The van der Waals surface area contributed by atoms with Gasteiger partial charge in [-0.2, -0.15) is 0 Å². The van der Waals surface area contributed by atoms with Crippen LogP contribution in [0.4, 0.5) is 0 Å². The van der Waals surface area contributed by atoms with Crippen LogP contribution in [0.1, 0.15) is 51.0 Å². The fraction of sp³-hybridized carbons (Fsp3) is 0.600. The maximum atomic E-state index is 11.9. The third-order valence-electron chi connectivity index (χ3n) is 4.96. The van der Waals surface area contributed by atoms with Crippen LogP contribution in [0.25, 0.3) is 0 Å². The summed E-state index contributed by atoms with van der Waals surface area (Å²) in [7, 11) is 1.80. The van der Waals surface area contributed by atoms with E-state index in [1.54, 1.807) is 7.05 Å². The second-order valence-corrected chi connectivity index (χ2v) is 6.73. The largest absolute Gasteiger partial charge is 0.356 e. The Morgan fingerprint density at radius 2 is 2.00 bits per heavy atom. The molecule has 0 bridgehead atoms. The Balaban J connectivity index is 0.00000338. The second-order valence-electron chi connectivity index (χ2n) is 6.73. The maximum absolute atomic E-state index is 11.9. The summed E-state index contributed by atoms with van der Waals surface area (Å²) in [6.07, 6.45) is 3.68. The molecule has 2 N–H and O–H groups in total. The van der Waals surface area contributed by atoms with E-state index in [1.807, 2.05) is 6.07 Å². The number of hydrogen-bond acceptors (Lipinski definition) is 2. The van der Waals surface area contributed by atoms with Gasteiger partial charge in [0.05, 0.1) is 0 Å². The van der Waals surface area contributed by atoms with Crippen LogP contribution in [0.15, 0.2) is 35.3 Å². The molecule has 1 aromatic rings. The molecule has 0 saturated carbocycles. The molecule has 5 nitrogen and oxygen atoms in total. The molecule has 0 spiro atoms. The van der Waals surface area contributed by atoms with Crippen molar-refractivity contribution in [3.63, 3.8) is 0 Å². The van der Waals surface area contributed by atoms with Crippen LogP contribution in [0.3, 0.4) is 0 Å². The molecule has 0 aliphatic carbocycles. The Morgan fingerprint density at radius 3 is 2.58 bits per heavy atom. The number of halogens is 1. The number of aliphatic imine (C=N–C) groups is 1. The molecule has 6 heteroatoms. The van der Waals surface area contributed by atoms with Crippen molar-refractivity contribution >= 4 is 35.8 Å². The van der Waals surface area contributed by atoms with Gasteiger partial charge in [0.15, 0.2) is 5.96 Å². The average molecular weight is 472 g/mol. The maximum Gasteiger partial charge on any atom is 0.222 e. The highest BCUT2D eigenvalue weighted by Crippen LogP contribution is 2.17. The topological polar surface area (TPSA) is 56.7 Å². The minimum absolute atomic E-state index is 0. The van der Waals surface area contributed by atoms with Crippen LogP contribution in [0.5, 0.6) is 0 Å². The van der Waals surface area contributed by atoms with Crippen molar-refractivity contribution in [1.29, 1.82) is 0 Å². The van der Waals surface area contributed by atoms with Crippen LogP contribution in [0.2, 0.25) is 0 Å². The number of carbonyl (C=O) groups is 1. The number of amides is 1. The van der Waals surface area contributed by atoms with E-state index in [2.05, 4.69) is 58.6 Å². The first kappa shape index (κ1) is 22.7. The molecule has 146 valence electrons. The average Bonchev–Trinajstić information content (AvgIpc) is 3.07. The molecule has 1 fully saturated rings. The van der Waals surface area contributed by atoms with Gasteiger partial charge >= 0.3 is 0 Å². The number of hydrogen-bond donors (Lipinski definition) is 2. The Labute approximate surface area is 175 Å². The standard InChI is InChI=1S/C20H32N4O.HI/c1-4-18(24-14-8-11-19(24)25)12-13-22-20(21-3)23-15-16(2)17-9-6-5-7-10-17;/h5-7,9-10,16,18H,4,8,11-15H2,1-3H3,(H2,21,22,23);1H. The SMILES string of the molecule is CCC(CCNC(=NC)NCC(C)c1ccccc1)N1CCCC1=O.I. The molecule has 1 aliphatic heterocycles. The zero-order valence-electron chi connectivity index (χ0n) is 16.2. The molecule has 1 aromatic carbocycles. The molecule has 0 radical (unpaired) electrons. The van der Waals surface area contributed by atoms with Crippen molar-refractivity contribution < 1.29 is 4.79 Å². The first-order valence-corrected chi connectivity index (χ1v) is 9.44. The lowest BCUT2D eigenvalue weighted by Gasteiger charge is -2.27. The van der Waals surface area contributed by atoms with Crippen LogP contribution < -0.4 is 10.6 Å². The van der Waals surface area contributed by atoms with E-state index < -0.39 is 0 Å². The van der Waals surface area contributed by atoms with Crippen molar-refractivity contribution in [3.05, 3.63) is 35.9 Å². The summed E-state index contributed by atoms with van der Waals surface area (Å²) >= 11 is 0. The number of likely N-dealkylation sites (tertiary alicyclic amines) is 1.